The fourth-order valence-corrected chi connectivity index (χ4v) is 15.2. The number of rotatable bonds is 3. The highest BCUT2D eigenvalue weighted by atomic mass is 32.2. The first-order chi connectivity index (χ1) is 31.1. The van der Waals surface area contributed by atoms with Gasteiger partial charge in [0.2, 0.25) is 0 Å². The van der Waals surface area contributed by atoms with Crippen molar-refractivity contribution in [3.05, 3.63) is 212 Å². The van der Waals surface area contributed by atoms with Crippen LogP contribution in [-0.4, -0.2) is 0 Å². The van der Waals surface area contributed by atoms with Crippen LogP contribution < -0.4 is 10.2 Å². The zero-order chi connectivity index (χ0) is 41.6. The molecule has 4 aliphatic carbocycles. The highest BCUT2D eigenvalue weighted by molar-refractivity contribution is 7.99. The van der Waals surface area contributed by atoms with Gasteiger partial charge in [-0.2, -0.15) is 0 Å². The Bertz CT molecular complexity index is 3360. The highest BCUT2D eigenvalue weighted by Gasteiger charge is 2.54. The van der Waals surface area contributed by atoms with Gasteiger partial charge in [0.25, 0.3) is 0 Å². The number of hydrogen-bond acceptors (Lipinski definition) is 4. The Morgan fingerprint density at radius 2 is 1.41 bits per heavy atom. The normalized spacial score (nSPS) is 19.8. The van der Waals surface area contributed by atoms with Crippen LogP contribution in [0.5, 0.6) is 0 Å². The lowest BCUT2D eigenvalue weighted by Gasteiger charge is -2.49. The fraction of sp³-hybridized carbons (Fsp3) is 0.186. The third-order valence-corrected chi connectivity index (χ3v) is 17.6. The van der Waals surface area contributed by atoms with E-state index in [1.165, 1.54) is 127 Å². The number of allylic oxidation sites excluding steroid dienone is 3. The van der Waals surface area contributed by atoms with Gasteiger partial charge in [-0.1, -0.05) is 133 Å². The number of anilines is 4. The van der Waals surface area contributed by atoms with Crippen LogP contribution in [0.3, 0.4) is 0 Å². The first-order valence-electron chi connectivity index (χ1n) is 23.0. The summed E-state index contributed by atoms with van der Waals surface area (Å²) < 4.78 is 1.37. The zero-order valence-corrected chi connectivity index (χ0v) is 37.3. The summed E-state index contributed by atoms with van der Waals surface area (Å²) in [4.78, 5) is 6.94. The van der Waals surface area contributed by atoms with Crippen molar-refractivity contribution in [1.29, 1.82) is 0 Å². The van der Waals surface area contributed by atoms with E-state index in [0.717, 1.165) is 37.8 Å². The van der Waals surface area contributed by atoms with Crippen molar-refractivity contribution in [3.63, 3.8) is 0 Å². The van der Waals surface area contributed by atoms with Gasteiger partial charge in [-0.25, -0.2) is 0 Å². The maximum Gasteiger partial charge on any atom is 0.0714 e. The van der Waals surface area contributed by atoms with Crippen molar-refractivity contribution in [2.24, 2.45) is 0 Å². The molecule has 2 atom stereocenters. The number of fused-ring (bicyclic) bond motifs is 16. The summed E-state index contributed by atoms with van der Waals surface area (Å²) in [7, 11) is 0. The van der Waals surface area contributed by atoms with Gasteiger partial charge in [0.15, 0.2) is 0 Å². The van der Waals surface area contributed by atoms with Crippen LogP contribution in [-0.2, 0) is 18.3 Å². The van der Waals surface area contributed by atoms with Gasteiger partial charge in [0.05, 0.1) is 22.5 Å². The summed E-state index contributed by atoms with van der Waals surface area (Å²) in [5.41, 5.74) is 26.4. The molecule has 4 heteroatoms. The molecular weight excluding hydrogens is 801 g/mol. The maximum atomic E-state index is 4.10. The summed E-state index contributed by atoms with van der Waals surface area (Å²) in [6, 6.07) is 56.2. The summed E-state index contributed by atoms with van der Waals surface area (Å²) >= 11 is 4.03. The predicted molar refractivity (Wildman–Crippen MR) is 265 cm³/mol. The first-order valence-corrected chi connectivity index (χ1v) is 24.6. The lowest BCUT2D eigenvalue weighted by molar-refractivity contribution is 0.627. The van der Waals surface area contributed by atoms with Gasteiger partial charge in [-0.15, -0.1) is 11.3 Å². The lowest BCUT2D eigenvalue weighted by Crippen LogP contribution is -2.38. The number of hydrogen-bond donors (Lipinski definition) is 1. The Morgan fingerprint density at radius 1 is 0.651 bits per heavy atom. The van der Waals surface area contributed by atoms with E-state index in [1.54, 1.807) is 11.1 Å². The number of aryl methyl sites for hydroxylation is 2. The number of nitrogens with zero attached hydrogens (tertiary/aromatic N) is 1. The largest absolute Gasteiger partial charge is 0.358 e. The molecular formula is C59H46N2S2. The Hall–Kier alpha value is -6.07. The van der Waals surface area contributed by atoms with Gasteiger partial charge < -0.3 is 10.2 Å². The second-order valence-corrected chi connectivity index (χ2v) is 20.8. The van der Waals surface area contributed by atoms with Crippen LogP contribution in [0.15, 0.2) is 167 Å². The molecule has 6 aliphatic rings. The molecule has 14 rings (SSSR count). The van der Waals surface area contributed by atoms with E-state index >= 15 is 0 Å². The molecule has 8 aromatic rings. The number of benzene rings is 7. The molecule has 1 spiro atoms. The van der Waals surface area contributed by atoms with Crippen molar-refractivity contribution in [1.82, 2.24) is 0 Å². The second kappa shape index (κ2) is 13.5. The van der Waals surface area contributed by atoms with Gasteiger partial charge >= 0.3 is 0 Å². The van der Waals surface area contributed by atoms with Crippen LogP contribution in [0, 0.1) is 6.92 Å². The van der Waals surface area contributed by atoms with Crippen molar-refractivity contribution < 1.29 is 0 Å². The van der Waals surface area contributed by atoms with Crippen LogP contribution in [0.4, 0.5) is 22.7 Å². The minimum Gasteiger partial charge on any atom is -0.358 e. The van der Waals surface area contributed by atoms with E-state index in [4.69, 9.17) is 0 Å². The Balaban J connectivity index is 1.11. The van der Waals surface area contributed by atoms with Crippen molar-refractivity contribution in [2.45, 2.75) is 79.9 Å². The molecule has 0 fully saturated rings. The van der Waals surface area contributed by atoms with Crippen molar-refractivity contribution in [3.8, 4) is 11.1 Å². The van der Waals surface area contributed by atoms with E-state index in [1.807, 2.05) is 23.1 Å². The second-order valence-electron chi connectivity index (χ2n) is 18.6. The average Bonchev–Trinajstić information content (AvgIpc) is 3.85. The Labute approximate surface area is 378 Å². The standard InChI is InChI=1S/C59H46N2S2/c1-34-26-28-37(29-27-34)60-47-30-31-51-54(41-18-7-12-24-50(41)62-51)55(47)56-53-35(2)32-36-14-3-4-15-38(36)42(53)33-49-58(56)63-52-25-13-22-46-57(52)61(49)48-23-11-10-21-45(48)59(46)43-19-8-5-16-39(43)40-17-6-9-20-44(40)59/h3-5,7-8,10-16,18-19,21-29,33,35,60H,6,9,17,20,30-32H2,1-2H3. The topological polar surface area (TPSA) is 15.3 Å². The molecule has 0 saturated heterocycles. The van der Waals surface area contributed by atoms with E-state index in [9.17, 15) is 0 Å². The molecule has 0 saturated carbocycles. The highest BCUT2D eigenvalue weighted by Crippen LogP contribution is 2.69. The molecule has 2 aliphatic heterocycles. The lowest BCUT2D eigenvalue weighted by atomic mass is 9.62. The van der Waals surface area contributed by atoms with E-state index < -0.39 is 0 Å². The third kappa shape index (κ3) is 4.91. The molecule has 0 bridgehead atoms. The summed E-state index contributed by atoms with van der Waals surface area (Å²) in [6.45, 7) is 4.67. The average molecular weight is 847 g/mol. The number of para-hydroxylation sites is 2. The summed E-state index contributed by atoms with van der Waals surface area (Å²) in [6.07, 6.45) is 7.82. The molecule has 2 unspecified atom stereocenters. The molecule has 1 aromatic heterocycles. The smallest absolute Gasteiger partial charge is 0.0714 e. The monoisotopic (exact) mass is 846 g/mol. The zero-order valence-electron chi connectivity index (χ0n) is 35.6. The fourth-order valence-electron chi connectivity index (χ4n) is 12.8. The molecule has 304 valence electrons. The molecule has 3 heterocycles. The van der Waals surface area contributed by atoms with Gasteiger partial charge in [-0.05, 0) is 150 Å². The summed E-state index contributed by atoms with van der Waals surface area (Å²) in [5.74, 6) is 0.329. The van der Waals surface area contributed by atoms with Crippen LogP contribution in [0.2, 0.25) is 0 Å². The van der Waals surface area contributed by atoms with Gasteiger partial charge in [-0.3, -0.25) is 0 Å². The number of thiophene rings is 1. The predicted octanol–water partition coefficient (Wildman–Crippen LogP) is 16.3. The van der Waals surface area contributed by atoms with E-state index in [0.29, 0.717) is 5.92 Å². The van der Waals surface area contributed by atoms with Gasteiger partial charge in [0.1, 0.15) is 0 Å². The third-order valence-electron chi connectivity index (χ3n) is 15.3. The van der Waals surface area contributed by atoms with E-state index in [-0.39, 0.29) is 5.41 Å². The SMILES string of the molecule is Cc1ccc(NC2=C(c3c4c(cc5c3C(C)Cc3ccccc3-5)N3c5ccccc5C5(C6=C(CCCC6)c6ccccc65)c5cccc(c53)S4)c3c(sc4ccccc34)CC2)cc1. The molecule has 0 amide bonds. The van der Waals surface area contributed by atoms with Crippen molar-refractivity contribution in [2.75, 3.05) is 10.2 Å². The molecule has 0 radical (unpaired) electrons. The van der Waals surface area contributed by atoms with Crippen LogP contribution >= 0.6 is 23.1 Å². The molecule has 2 nitrogen and oxygen atoms in total. The molecule has 63 heavy (non-hydrogen) atoms. The van der Waals surface area contributed by atoms with Crippen LogP contribution in [0.25, 0.3) is 32.4 Å². The Kier molecular flexibility index (Phi) is 7.79. The minimum absolute atomic E-state index is 0.317. The van der Waals surface area contributed by atoms with Crippen LogP contribution in [0.1, 0.15) is 99.9 Å². The quantitative estimate of drug-likeness (QED) is 0.191. The number of nitrogens with one attached hydrogen (secondary N) is 1. The molecule has 7 aromatic carbocycles. The Morgan fingerprint density at radius 3 is 2.32 bits per heavy atom. The summed E-state index contributed by atoms with van der Waals surface area (Å²) in [5, 5.41) is 5.48. The maximum absolute atomic E-state index is 4.10. The van der Waals surface area contributed by atoms with E-state index in [2.05, 4.69) is 170 Å². The minimum atomic E-state index is -0.317. The van der Waals surface area contributed by atoms with Gasteiger partial charge in [0, 0.05) is 52.8 Å². The first kappa shape index (κ1) is 36.4. The van der Waals surface area contributed by atoms with Crippen molar-refractivity contribution >= 4 is 67.1 Å². The molecule has 1 N–H and O–H groups in total.